The maximum atomic E-state index is 5.05. The van der Waals surface area contributed by atoms with Gasteiger partial charge in [0, 0.05) is 34.6 Å². The molecule has 0 unspecified atom stereocenters. The number of pyridine rings is 3. The fourth-order valence-corrected chi connectivity index (χ4v) is 5.01. The van der Waals surface area contributed by atoms with Crippen molar-refractivity contribution in [2.45, 2.75) is 6.92 Å². The lowest BCUT2D eigenvalue weighted by Crippen LogP contribution is -1.94. The molecule has 0 amide bonds. The Morgan fingerprint density at radius 2 is 1.19 bits per heavy atom. The molecule has 0 fully saturated rings. The van der Waals surface area contributed by atoms with E-state index in [9.17, 15) is 0 Å². The summed E-state index contributed by atoms with van der Waals surface area (Å²) in [5.41, 5.74) is 12.2. The Morgan fingerprint density at radius 1 is 0.535 bits per heavy atom. The van der Waals surface area contributed by atoms with Gasteiger partial charge in [-0.3, -0.25) is 9.97 Å². The average Bonchev–Trinajstić information content (AvgIpc) is 3.09. The van der Waals surface area contributed by atoms with Gasteiger partial charge in [0.25, 0.3) is 0 Å². The van der Waals surface area contributed by atoms with Crippen LogP contribution in [0.3, 0.4) is 0 Å². The van der Waals surface area contributed by atoms with E-state index in [0.29, 0.717) is 0 Å². The van der Waals surface area contributed by atoms with Crippen molar-refractivity contribution in [3.8, 4) is 56.0 Å². The molecule has 0 aliphatic carbocycles. The van der Waals surface area contributed by atoms with Gasteiger partial charge in [0.1, 0.15) is 0 Å². The number of hydrogen-bond donors (Lipinski definition) is 0. The molecule has 0 aliphatic rings. The molecule has 3 heteroatoms. The smallest absolute Gasteiger partial charge is 0.0715 e. The average molecular weight is 554 g/mol. The third-order valence-electron chi connectivity index (χ3n) is 7.29. The van der Waals surface area contributed by atoms with Gasteiger partial charge in [-0.1, -0.05) is 104 Å². The van der Waals surface area contributed by atoms with Crippen LogP contribution in [0, 0.1) is 0 Å². The number of benzene rings is 3. The molecule has 43 heavy (non-hydrogen) atoms. The van der Waals surface area contributed by atoms with E-state index in [1.165, 1.54) is 0 Å². The van der Waals surface area contributed by atoms with Crippen molar-refractivity contribution in [3.05, 3.63) is 170 Å². The van der Waals surface area contributed by atoms with E-state index in [2.05, 4.69) is 91.3 Å². The Bertz CT molecular complexity index is 1910. The molecule has 206 valence electrons. The fourth-order valence-electron chi connectivity index (χ4n) is 5.01. The van der Waals surface area contributed by atoms with Gasteiger partial charge in [-0.05, 0) is 77.7 Å². The van der Waals surface area contributed by atoms with Crippen LogP contribution in [-0.4, -0.2) is 15.0 Å². The van der Waals surface area contributed by atoms with Crippen LogP contribution in [0.1, 0.15) is 12.6 Å². The Kier molecular flexibility index (Phi) is 8.24. The van der Waals surface area contributed by atoms with Crippen molar-refractivity contribution in [1.29, 1.82) is 0 Å². The number of allylic oxidation sites excluding steroid dienone is 5. The zero-order chi connectivity index (χ0) is 29.4. The lowest BCUT2D eigenvalue weighted by atomic mass is 9.94. The van der Waals surface area contributed by atoms with Crippen LogP contribution in [-0.2, 0) is 0 Å². The van der Waals surface area contributed by atoms with Crippen LogP contribution in [0.4, 0.5) is 0 Å². The summed E-state index contributed by atoms with van der Waals surface area (Å²) in [5, 5.41) is 0. The molecule has 3 aromatic carbocycles. The highest BCUT2D eigenvalue weighted by Crippen LogP contribution is 2.35. The number of rotatable bonds is 8. The van der Waals surface area contributed by atoms with Crippen molar-refractivity contribution in [1.82, 2.24) is 15.0 Å². The Labute approximate surface area is 253 Å². The molecule has 6 aromatic rings. The summed E-state index contributed by atoms with van der Waals surface area (Å²) >= 11 is 0. The summed E-state index contributed by atoms with van der Waals surface area (Å²) in [6.45, 7) is 5.87. The molecular formula is C40H31N3. The molecule has 0 atom stereocenters. The third kappa shape index (κ3) is 6.47. The SMILES string of the molecule is C=C/C=C\C=C(/C)c1cc(-c2cc(-c3ccccn3)cc(-c3ccc(-c4ccccc4)cn3)c2)cc(-c2ccccc2)n1. The topological polar surface area (TPSA) is 38.7 Å². The van der Waals surface area contributed by atoms with Gasteiger partial charge in [0.15, 0.2) is 0 Å². The molecule has 0 spiro atoms. The Balaban J connectivity index is 1.51. The van der Waals surface area contributed by atoms with E-state index in [4.69, 9.17) is 9.97 Å². The second-order valence-electron chi connectivity index (χ2n) is 10.3. The molecule has 0 saturated heterocycles. The molecule has 3 nitrogen and oxygen atoms in total. The predicted octanol–water partition coefficient (Wildman–Crippen LogP) is 10.4. The van der Waals surface area contributed by atoms with E-state index in [1.807, 2.05) is 79.1 Å². The van der Waals surface area contributed by atoms with Gasteiger partial charge in [0.05, 0.1) is 22.8 Å². The maximum absolute atomic E-state index is 5.05. The van der Waals surface area contributed by atoms with Crippen molar-refractivity contribution in [2.24, 2.45) is 0 Å². The largest absolute Gasteiger partial charge is 0.256 e. The van der Waals surface area contributed by atoms with Gasteiger partial charge in [-0.25, -0.2) is 4.98 Å². The lowest BCUT2D eigenvalue weighted by molar-refractivity contribution is 1.27. The Hall–Kier alpha value is -5.67. The number of nitrogens with zero attached hydrogens (tertiary/aromatic N) is 3. The van der Waals surface area contributed by atoms with Crippen LogP contribution in [0.25, 0.3) is 61.6 Å². The minimum Gasteiger partial charge on any atom is -0.256 e. The van der Waals surface area contributed by atoms with Crippen molar-refractivity contribution >= 4 is 5.57 Å². The van der Waals surface area contributed by atoms with Crippen LogP contribution in [0.2, 0.25) is 0 Å². The predicted molar refractivity (Wildman–Crippen MR) is 180 cm³/mol. The van der Waals surface area contributed by atoms with E-state index < -0.39 is 0 Å². The number of aromatic nitrogens is 3. The highest BCUT2D eigenvalue weighted by molar-refractivity contribution is 5.82. The minimum atomic E-state index is 0.905. The van der Waals surface area contributed by atoms with Crippen molar-refractivity contribution in [2.75, 3.05) is 0 Å². The highest BCUT2D eigenvalue weighted by Gasteiger charge is 2.13. The first-order valence-corrected chi connectivity index (χ1v) is 14.3. The molecule has 3 aromatic heterocycles. The summed E-state index contributed by atoms with van der Waals surface area (Å²) in [6.07, 6.45) is 11.5. The third-order valence-corrected chi connectivity index (χ3v) is 7.29. The van der Waals surface area contributed by atoms with E-state index in [0.717, 1.165) is 67.3 Å². The summed E-state index contributed by atoms with van der Waals surface area (Å²) < 4.78 is 0. The second kappa shape index (κ2) is 12.9. The zero-order valence-electron chi connectivity index (χ0n) is 24.1. The zero-order valence-corrected chi connectivity index (χ0v) is 24.1. The van der Waals surface area contributed by atoms with Gasteiger partial charge < -0.3 is 0 Å². The quantitative estimate of drug-likeness (QED) is 0.176. The molecule has 3 heterocycles. The van der Waals surface area contributed by atoms with Crippen molar-refractivity contribution < 1.29 is 0 Å². The molecule has 0 radical (unpaired) electrons. The molecule has 0 bridgehead atoms. The maximum Gasteiger partial charge on any atom is 0.0715 e. The van der Waals surface area contributed by atoms with Crippen LogP contribution in [0.15, 0.2) is 165 Å². The summed E-state index contributed by atoms with van der Waals surface area (Å²) in [4.78, 5) is 14.6. The Morgan fingerprint density at radius 3 is 1.84 bits per heavy atom. The molecular weight excluding hydrogens is 522 g/mol. The fraction of sp³-hybridized carbons (Fsp3) is 0.0250. The van der Waals surface area contributed by atoms with E-state index >= 15 is 0 Å². The van der Waals surface area contributed by atoms with Crippen LogP contribution in [0.5, 0.6) is 0 Å². The van der Waals surface area contributed by atoms with Crippen LogP contribution >= 0.6 is 0 Å². The summed E-state index contributed by atoms with van der Waals surface area (Å²) in [5.74, 6) is 0. The molecule has 0 aliphatic heterocycles. The van der Waals surface area contributed by atoms with Crippen LogP contribution < -0.4 is 0 Å². The van der Waals surface area contributed by atoms with E-state index in [-0.39, 0.29) is 0 Å². The number of hydrogen-bond acceptors (Lipinski definition) is 3. The molecule has 0 N–H and O–H groups in total. The summed E-state index contributed by atoms with van der Waals surface area (Å²) in [6, 6.07) is 41.8. The van der Waals surface area contributed by atoms with Crippen molar-refractivity contribution in [3.63, 3.8) is 0 Å². The monoisotopic (exact) mass is 553 g/mol. The van der Waals surface area contributed by atoms with E-state index in [1.54, 1.807) is 6.08 Å². The standard InChI is InChI=1S/C40H31N3/c1-3-4-7-14-29(2)39-26-34(27-40(43-39)31-17-10-6-11-18-31)33-23-35(37-19-12-13-22-41-37)25-36(24-33)38-21-20-32(28-42-38)30-15-8-5-9-16-30/h3-28H,1H2,2H3/b7-4-,29-14+. The van der Waals surface area contributed by atoms with Gasteiger partial charge >= 0.3 is 0 Å². The molecule has 6 rings (SSSR count). The minimum absolute atomic E-state index is 0.905. The van der Waals surface area contributed by atoms with Gasteiger partial charge in [-0.2, -0.15) is 0 Å². The van der Waals surface area contributed by atoms with Gasteiger partial charge in [0.2, 0.25) is 0 Å². The highest BCUT2D eigenvalue weighted by atomic mass is 14.7. The first-order chi connectivity index (χ1) is 21.2. The normalized spacial score (nSPS) is 11.5. The first kappa shape index (κ1) is 27.5. The lowest BCUT2D eigenvalue weighted by Gasteiger charge is -2.14. The van der Waals surface area contributed by atoms with Gasteiger partial charge in [-0.15, -0.1) is 0 Å². The summed E-state index contributed by atoms with van der Waals surface area (Å²) in [7, 11) is 0. The molecule has 0 saturated carbocycles. The second-order valence-corrected chi connectivity index (χ2v) is 10.3. The first-order valence-electron chi connectivity index (χ1n) is 14.3.